The van der Waals surface area contributed by atoms with Gasteiger partial charge in [0.1, 0.15) is 0 Å². The number of carbonyl (C=O) groups is 1. The van der Waals surface area contributed by atoms with E-state index in [0.29, 0.717) is 17.9 Å². The highest BCUT2D eigenvalue weighted by Gasteiger charge is 2.15. The van der Waals surface area contributed by atoms with Crippen LogP contribution in [0, 0.1) is 0 Å². The minimum absolute atomic E-state index is 0.0505. The van der Waals surface area contributed by atoms with E-state index in [4.69, 9.17) is 9.47 Å². The van der Waals surface area contributed by atoms with Gasteiger partial charge in [-0.15, -0.1) is 0 Å². The third kappa shape index (κ3) is 4.45. The number of rotatable bonds is 8. The molecule has 0 bridgehead atoms. The maximum Gasteiger partial charge on any atom is 0.220 e. The lowest BCUT2D eigenvalue weighted by Gasteiger charge is -2.19. The van der Waals surface area contributed by atoms with E-state index >= 15 is 0 Å². The van der Waals surface area contributed by atoms with Crippen LogP contribution in [-0.4, -0.2) is 20.1 Å². The summed E-state index contributed by atoms with van der Waals surface area (Å²) in [4.78, 5) is 12.6. The van der Waals surface area contributed by atoms with Crippen molar-refractivity contribution in [2.45, 2.75) is 32.2 Å². The van der Waals surface area contributed by atoms with Gasteiger partial charge in [0.2, 0.25) is 5.91 Å². The summed E-state index contributed by atoms with van der Waals surface area (Å²) >= 11 is 0. The fourth-order valence-electron chi connectivity index (χ4n) is 3.52. The Morgan fingerprint density at radius 3 is 2.46 bits per heavy atom. The summed E-state index contributed by atoms with van der Waals surface area (Å²) in [5.41, 5.74) is 2.21. The molecular weight excluding hydrogens is 350 g/mol. The Bertz CT molecular complexity index is 946. The number of benzene rings is 3. The van der Waals surface area contributed by atoms with E-state index in [1.807, 2.05) is 36.4 Å². The molecule has 3 aromatic carbocycles. The van der Waals surface area contributed by atoms with Crippen LogP contribution in [0.4, 0.5) is 0 Å². The van der Waals surface area contributed by atoms with Crippen LogP contribution in [0.5, 0.6) is 11.5 Å². The monoisotopic (exact) mass is 377 g/mol. The van der Waals surface area contributed by atoms with E-state index in [-0.39, 0.29) is 11.9 Å². The molecule has 4 heteroatoms. The number of methoxy groups -OCH3 is 2. The van der Waals surface area contributed by atoms with Gasteiger partial charge in [-0.1, -0.05) is 55.5 Å². The molecule has 1 unspecified atom stereocenters. The second-order valence-corrected chi connectivity index (χ2v) is 6.78. The standard InChI is InChI=1S/C24H27NO3/c1-4-21(19-12-14-22(27-2)23(16-19)28-3)25-24(26)15-13-18-10-7-9-17-8-5-6-11-20(17)18/h5-12,14,16,21H,4,13,15H2,1-3H3,(H,25,26). The number of nitrogens with one attached hydrogen (secondary N) is 1. The van der Waals surface area contributed by atoms with Crippen LogP contribution in [0.1, 0.15) is 36.9 Å². The SMILES string of the molecule is CCC(NC(=O)CCc1cccc2ccccc12)c1ccc(OC)c(OC)c1. The first kappa shape index (κ1) is 19.7. The van der Waals surface area contributed by atoms with Crippen LogP contribution >= 0.6 is 0 Å². The number of fused-ring (bicyclic) bond motifs is 1. The summed E-state index contributed by atoms with van der Waals surface area (Å²) in [6.45, 7) is 2.06. The lowest BCUT2D eigenvalue weighted by molar-refractivity contribution is -0.121. The molecule has 0 spiro atoms. The summed E-state index contributed by atoms with van der Waals surface area (Å²) in [6, 6.07) is 20.3. The highest BCUT2D eigenvalue weighted by atomic mass is 16.5. The van der Waals surface area contributed by atoms with Gasteiger partial charge in [0.05, 0.1) is 20.3 Å². The van der Waals surface area contributed by atoms with Crippen molar-refractivity contribution in [1.29, 1.82) is 0 Å². The molecule has 0 aliphatic carbocycles. The molecular formula is C24H27NO3. The third-order valence-electron chi connectivity index (χ3n) is 5.05. The number of carbonyl (C=O) groups excluding carboxylic acids is 1. The van der Waals surface area contributed by atoms with E-state index in [2.05, 4.69) is 36.5 Å². The molecule has 0 aromatic heterocycles. The van der Waals surface area contributed by atoms with E-state index in [1.165, 1.54) is 16.3 Å². The van der Waals surface area contributed by atoms with Gasteiger partial charge in [0, 0.05) is 6.42 Å². The lowest BCUT2D eigenvalue weighted by Crippen LogP contribution is -2.28. The second-order valence-electron chi connectivity index (χ2n) is 6.78. The molecule has 0 saturated carbocycles. The van der Waals surface area contributed by atoms with E-state index in [9.17, 15) is 4.79 Å². The Hall–Kier alpha value is -3.01. The average Bonchev–Trinajstić information content (AvgIpc) is 2.75. The fourth-order valence-corrected chi connectivity index (χ4v) is 3.52. The topological polar surface area (TPSA) is 47.6 Å². The summed E-state index contributed by atoms with van der Waals surface area (Å²) in [5.74, 6) is 1.40. The molecule has 3 aromatic rings. The third-order valence-corrected chi connectivity index (χ3v) is 5.05. The fraction of sp³-hybridized carbons (Fsp3) is 0.292. The first-order chi connectivity index (χ1) is 13.7. The summed E-state index contributed by atoms with van der Waals surface area (Å²) in [5, 5.41) is 5.57. The lowest BCUT2D eigenvalue weighted by atomic mass is 10.00. The Morgan fingerprint density at radius 1 is 0.964 bits per heavy atom. The van der Waals surface area contributed by atoms with E-state index in [0.717, 1.165) is 18.4 Å². The average molecular weight is 377 g/mol. The number of hydrogen-bond acceptors (Lipinski definition) is 3. The quantitative estimate of drug-likeness (QED) is 0.597. The summed E-state index contributed by atoms with van der Waals surface area (Å²) < 4.78 is 10.7. The summed E-state index contributed by atoms with van der Waals surface area (Å²) in [7, 11) is 3.23. The molecule has 3 rings (SSSR count). The zero-order valence-corrected chi connectivity index (χ0v) is 16.7. The van der Waals surface area contributed by atoms with Gasteiger partial charge < -0.3 is 14.8 Å². The van der Waals surface area contributed by atoms with E-state index < -0.39 is 0 Å². The number of hydrogen-bond donors (Lipinski definition) is 1. The Balaban J connectivity index is 1.67. The van der Waals surface area contributed by atoms with Gasteiger partial charge in [-0.05, 0) is 46.9 Å². The molecule has 1 N–H and O–H groups in total. The van der Waals surface area contributed by atoms with Crippen molar-refractivity contribution < 1.29 is 14.3 Å². The van der Waals surface area contributed by atoms with E-state index in [1.54, 1.807) is 14.2 Å². The minimum Gasteiger partial charge on any atom is -0.493 e. The highest BCUT2D eigenvalue weighted by Crippen LogP contribution is 2.31. The number of ether oxygens (including phenoxy) is 2. The largest absolute Gasteiger partial charge is 0.493 e. The van der Waals surface area contributed by atoms with Crippen LogP contribution in [0.25, 0.3) is 10.8 Å². The molecule has 1 amide bonds. The van der Waals surface area contributed by atoms with Gasteiger partial charge in [-0.25, -0.2) is 0 Å². The van der Waals surface area contributed by atoms with Crippen LogP contribution in [0.3, 0.4) is 0 Å². The normalized spacial score (nSPS) is 11.8. The first-order valence-electron chi connectivity index (χ1n) is 9.64. The van der Waals surface area contributed by atoms with Crippen molar-refractivity contribution in [3.05, 3.63) is 71.8 Å². The molecule has 146 valence electrons. The van der Waals surface area contributed by atoms with Gasteiger partial charge in [0.15, 0.2) is 11.5 Å². The van der Waals surface area contributed by atoms with Crippen LogP contribution < -0.4 is 14.8 Å². The Labute approximate surface area is 166 Å². The number of aryl methyl sites for hydroxylation is 1. The van der Waals surface area contributed by atoms with Crippen LogP contribution in [0.2, 0.25) is 0 Å². The van der Waals surface area contributed by atoms with Crippen molar-refractivity contribution in [1.82, 2.24) is 5.32 Å². The van der Waals surface area contributed by atoms with Crippen molar-refractivity contribution in [2.75, 3.05) is 14.2 Å². The van der Waals surface area contributed by atoms with Gasteiger partial charge in [0.25, 0.3) is 0 Å². The zero-order chi connectivity index (χ0) is 19.9. The van der Waals surface area contributed by atoms with Gasteiger partial charge in [-0.3, -0.25) is 4.79 Å². The van der Waals surface area contributed by atoms with Crippen molar-refractivity contribution in [3.63, 3.8) is 0 Å². The molecule has 1 atom stereocenters. The van der Waals surface area contributed by atoms with Crippen molar-refractivity contribution in [2.24, 2.45) is 0 Å². The maximum atomic E-state index is 12.6. The Morgan fingerprint density at radius 2 is 1.71 bits per heavy atom. The Kier molecular flexibility index (Phi) is 6.53. The molecule has 0 aliphatic heterocycles. The molecule has 28 heavy (non-hydrogen) atoms. The zero-order valence-electron chi connectivity index (χ0n) is 16.7. The molecule has 0 saturated heterocycles. The predicted octanol–water partition coefficient (Wildman–Crippen LogP) is 5.06. The molecule has 0 fully saturated rings. The first-order valence-corrected chi connectivity index (χ1v) is 9.64. The molecule has 0 heterocycles. The highest BCUT2D eigenvalue weighted by molar-refractivity contribution is 5.86. The van der Waals surface area contributed by atoms with Crippen LogP contribution in [-0.2, 0) is 11.2 Å². The van der Waals surface area contributed by atoms with Crippen molar-refractivity contribution in [3.8, 4) is 11.5 Å². The van der Waals surface area contributed by atoms with Gasteiger partial charge >= 0.3 is 0 Å². The van der Waals surface area contributed by atoms with Crippen LogP contribution in [0.15, 0.2) is 60.7 Å². The molecule has 0 radical (unpaired) electrons. The summed E-state index contributed by atoms with van der Waals surface area (Å²) in [6.07, 6.45) is 1.98. The molecule has 0 aliphatic rings. The van der Waals surface area contributed by atoms with Crippen molar-refractivity contribution >= 4 is 16.7 Å². The number of amides is 1. The smallest absolute Gasteiger partial charge is 0.220 e. The predicted molar refractivity (Wildman–Crippen MR) is 113 cm³/mol. The molecule has 4 nitrogen and oxygen atoms in total. The maximum absolute atomic E-state index is 12.6. The minimum atomic E-state index is -0.0557. The second kappa shape index (κ2) is 9.27. The van der Waals surface area contributed by atoms with Gasteiger partial charge in [-0.2, -0.15) is 0 Å².